The zero-order valence-electron chi connectivity index (χ0n) is 12.2. The third-order valence-corrected chi connectivity index (χ3v) is 5.33. The molecule has 0 aliphatic carbocycles. The predicted molar refractivity (Wildman–Crippen MR) is 74.4 cm³/mol. The first-order valence-electron chi connectivity index (χ1n) is 7.49. The Morgan fingerprint density at radius 2 is 1.67 bits per heavy atom. The summed E-state index contributed by atoms with van der Waals surface area (Å²) in [6.07, 6.45) is 5.56. The van der Waals surface area contributed by atoms with E-state index in [1.54, 1.807) is 0 Å². The predicted octanol–water partition coefficient (Wildman–Crippen LogP) is 2.41. The average Bonchev–Trinajstić information content (AvgIpc) is 2.40. The molecule has 0 saturated carbocycles. The lowest BCUT2D eigenvalue weighted by Crippen LogP contribution is -2.51. The van der Waals surface area contributed by atoms with E-state index in [9.17, 15) is 4.79 Å². The number of rotatable bonds is 2. The van der Waals surface area contributed by atoms with Gasteiger partial charge in [-0.05, 0) is 44.2 Å². The Morgan fingerprint density at radius 1 is 1.11 bits per heavy atom. The highest BCUT2D eigenvalue weighted by molar-refractivity contribution is 5.82. The molecule has 1 amide bonds. The standard InChI is InChI=1S/C15H28N2O/c1-4-14(2)7-11-17(12-8-14)13(18)15(3)5-9-16-10-6-15/h16H,4-12H2,1-3H3. The molecule has 2 heterocycles. The summed E-state index contributed by atoms with van der Waals surface area (Å²) < 4.78 is 0. The minimum Gasteiger partial charge on any atom is -0.342 e. The molecule has 2 fully saturated rings. The van der Waals surface area contributed by atoms with Crippen LogP contribution in [0.1, 0.15) is 52.9 Å². The fraction of sp³-hybridized carbons (Fsp3) is 0.933. The normalized spacial score (nSPS) is 26.9. The minimum absolute atomic E-state index is 0.106. The number of carbonyl (C=O) groups is 1. The molecule has 18 heavy (non-hydrogen) atoms. The maximum absolute atomic E-state index is 12.7. The fourth-order valence-electron chi connectivity index (χ4n) is 3.18. The van der Waals surface area contributed by atoms with Crippen LogP contribution in [0, 0.1) is 10.8 Å². The molecule has 3 heteroatoms. The molecule has 0 aromatic rings. The summed E-state index contributed by atoms with van der Waals surface area (Å²) in [5.41, 5.74) is 0.358. The summed E-state index contributed by atoms with van der Waals surface area (Å²) in [7, 11) is 0. The molecule has 0 atom stereocenters. The molecule has 0 spiro atoms. The van der Waals surface area contributed by atoms with Crippen LogP contribution in [0.2, 0.25) is 0 Å². The number of hydrogen-bond acceptors (Lipinski definition) is 2. The second-order valence-electron chi connectivity index (χ2n) is 6.77. The molecular formula is C15H28N2O. The largest absolute Gasteiger partial charge is 0.342 e. The van der Waals surface area contributed by atoms with Crippen molar-refractivity contribution in [1.29, 1.82) is 0 Å². The van der Waals surface area contributed by atoms with Crippen LogP contribution in [-0.2, 0) is 4.79 Å². The molecule has 0 unspecified atom stereocenters. The molecule has 0 aromatic heterocycles. The summed E-state index contributed by atoms with van der Waals surface area (Å²) >= 11 is 0. The van der Waals surface area contributed by atoms with Gasteiger partial charge in [-0.2, -0.15) is 0 Å². The molecule has 2 saturated heterocycles. The van der Waals surface area contributed by atoms with E-state index in [0.717, 1.165) is 39.0 Å². The molecule has 2 aliphatic rings. The lowest BCUT2D eigenvalue weighted by Gasteiger charge is -2.43. The summed E-state index contributed by atoms with van der Waals surface area (Å²) in [5, 5.41) is 3.35. The topological polar surface area (TPSA) is 32.3 Å². The monoisotopic (exact) mass is 252 g/mol. The van der Waals surface area contributed by atoms with Crippen LogP contribution in [0.3, 0.4) is 0 Å². The second kappa shape index (κ2) is 5.20. The van der Waals surface area contributed by atoms with Crippen molar-refractivity contribution >= 4 is 5.91 Å². The van der Waals surface area contributed by atoms with E-state index < -0.39 is 0 Å². The number of carbonyl (C=O) groups excluding carboxylic acids is 1. The van der Waals surface area contributed by atoms with Crippen molar-refractivity contribution in [1.82, 2.24) is 10.2 Å². The average molecular weight is 252 g/mol. The highest BCUT2D eigenvalue weighted by atomic mass is 16.2. The maximum atomic E-state index is 12.7. The number of piperidine rings is 2. The SMILES string of the molecule is CCC1(C)CCN(C(=O)C2(C)CCNCC2)CC1. The minimum atomic E-state index is -0.106. The van der Waals surface area contributed by atoms with Crippen LogP contribution in [0.15, 0.2) is 0 Å². The van der Waals surface area contributed by atoms with Crippen molar-refractivity contribution in [3.05, 3.63) is 0 Å². The van der Waals surface area contributed by atoms with Crippen LogP contribution in [0.25, 0.3) is 0 Å². The molecule has 3 nitrogen and oxygen atoms in total. The molecule has 1 N–H and O–H groups in total. The number of nitrogens with one attached hydrogen (secondary N) is 1. The summed E-state index contributed by atoms with van der Waals surface area (Å²) in [5.74, 6) is 0.405. The first-order chi connectivity index (χ1) is 8.49. The van der Waals surface area contributed by atoms with Gasteiger partial charge in [0.25, 0.3) is 0 Å². The van der Waals surface area contributed by atoms with Crippen LogP contribution in [0.5, 0.6) is 0 Å². The number of amides is 1. The first-order valence-corrected chi connectivity index (χ1v) is 7.49. The van der Waals surface area contributed by atoms with Gasteiger partial charge in [-0.15, -0.1) is 0 Å². The van der Waals surface area contributed by atoms with E-state index in [1.165, 1.54) is 19.3 Å². The zero-order valence-corrected chi connectivity index (χ0v) is 12.2. The summed E-state index contributed by atoms with van der Waals surface area (Å²) in [4.78, 5) is 14.8. The van der Waals surface area contributed by atoms with Crippen molar-refractivity contribution in [2.24, 2.45) is 10.8 Å². The van der Waals surface area contributed by atoms with Crippen molar-refractivity contribution in [3.8, 4) is 0 Å². The molecule has 0 aromatic carbocycles. The lowest BCUT2D eigenvalue weighted by atomic mass is 9.76. The quantitative estimate of drug-likeness (QED) is 0.818. The summed E-state index contributed by atoms with van der Waals surface area (Å²) in [6, 6.07) is 0. The maximum Gasteiger partial charge on any atom is 0.228 e. The van der Waals surface area contributed by atoms with Gasteiger partial charge in [-0.25, -0.2) is 0 Å². The van der Waals surface area contributed by atoms with Gasteiger partial charge in [0.05, 0.1) is 0 Å². The van der Waals surface area contributed by atoms with Gasteiger partial charge in [0.1, 0.15) is 0 Å². The van der Waals surface area contributed by atoms with Crippen LogP contribution in [0.4, 0.5) is 0 Å². The Morgan fingerprint density at radius 3 is 2.17 bits per heavy atom. The molecule has 0 radical (unpaired) electrons. The van der Waals surface area contributed by atoms with E-state index >= 15 is 0 Å². The van der Waals surface area contributed by atoms with Crippen LogP contribution in [-0.4, -0.2) is 37.0 Å². The Labute approximate surface area is 111 Å². The van der Waals surface area contributed by atoms with Crippen LogP contribution >= 0.6 is 0 Å². The Kier molecular flexibility index (Phi) is 4.00. The zero-order chi connectivity index (χ0) is 13.2. The first kappa shape index (κ1) is 13.9. The second-order valence-corrected chi connectivity index (χ2v) is 6.77. The van der Waals surface area contributed by atoms with Crippen molar-refractivity contribution in [2.45, 2.75) is 52.9 Å². The fourth-order valence-corrected chi connectivity index (χ4v) is 3.18. The molecule has 2 rings (SSSR count). The summed E-state index contributed by atoms with van der Waals surface area (Å²) in [6.45, 7) is 10.7. The van der Waals surface area contributed by atoms with Crippen molar-refractivity contribution in [2.75, 3.05) is 26.2 Å². The number of hydrogen-bond donors (Lipinski definition) is 1. The molecule has 104 valence electrons. The van der Waals surface area contributed by atoms with E-state index in [2.05, 4.69) is 31.0 Å². The van der Waals surface area contributed by atoms with Gasteiger partial charge in [0.15, 0.2) is 0 Å². The third-order valence-electron chi connectivity index (χ3n) is 5.33. The van der Waals surface area contributed by atoms with E-state index in [1.807, 2.05) is 0 Å². The molecular weight excluding hydrogens is 224 g/mol. The van der Waals surface area contributed by atoms with E-state index in [4.69, 9.17) is 0 Å². The van der Waals surface area contributed by atoms with Gasteiger partial charge in [-0.1, -0.05) is 27.2 Å². The van der Waals surface area contributed by atoms with Gasteiger partial charge < -0.3 is 10.2 Å². The van der Waals surface area contributed by atoms with Gasteiger partial charge in [0.2, 0.25) is 5.91 Å². The third kappa shape index (κ3) is 2.71. The lowest BCUT2D eigenvalue weighted by molar-refractivity contribution is -0.145. The number of likely N-dealkylation sites (tertiary alicyclic amines) is 1. The smallest absolute Gasteiger partial charge is 0.228 e. The highest BCUT2D eigenvalue weighted by Crippen LogP contribution is 2.37. The van der Waals surface area contributed by atoms with Crippen LogP contribution < -0.4 is 5.32 Å². The van der Waals surface area contributed by atoms with Gasteiger partial charge in [0, 0.05) is 18.5 Å². The van der Waals surface area contributed by atoms with Crippen molar-refractivity contribution < 1.29 is 4.79 Å². The Bertz CT molecular complexity index is 300. The van der Waals surface area contributed by atoms with E-state index in [0.29, 0.717) is 11.3 Å². The van der Waals surface area contributed by atoms with E-state index in [-0.39, 0.29) is 5.41 Å². The van der Waals surface area contributed by atoms with Gasteiger partial charge in [-0.3, -0.25) is 4.79 Å². The Hall–Kier alpha value is -0.570. The molecule has 2 aliphatic heterocycles. The highest BCUT2D eigenvalue weighted by Gasteiger charge is 2.40. The molecule has 0 bridgehead atoms. The number of nitrogens with zero attached hydrogens (tertiary/aromatic N) is 1. The van der Waals surface area contributed by atoms with Gasteiger partial charge >= 0.3 is 0 Å². The van der Waals surface area contributed by atoms with Crippen molar-refractivity contribution in [3.63, 3.8) is 0 Å². The Balaban J connectivity index is 1.95.